The van der Waals surface area contributed by atoms with Crippen LogP contribution in [0.1, 0.15) is 35.7 Å². The second-order valence-corrected chi connectivity index (χ2v) is 7.97. The lowest BCUT2D eigenvalue weighted by molar-refractivity contribution is 0.0935. The smallest absolute Gasteiger partial charge is 0.251 e. The highest BCUT2D eigenvalue weighted by atomic mass is 32.2. The molecule has 5 heteroatoms. The van der Waals surface area contributed by atoms with Crippen molar-refractivity contribution in [3.63, 3.8) is 0 Å². The van der Waals surface area contributed by atoms with Gasteiger partial charge in [0.2, 0.25) is 0 Å². The molecule has 2 rings (SSSR count). The summed E-state index contributed by atoms with van der Waals surface area (Å²) in [5, 5.41) is 2.92. The largest absolute Gasteiger partial charge is 0.349 e. The molecule has 24 heavy (non-hydrogen) atoms. The number of amides is 1. The maximum absolute atomic E-state index is 12.3. The Balaban J connectivity index is 1.97. The van der Waals surface area contributed by atoms with Crippen LogP contribution in [0.25, 0.3) is 0 Å². The van der Waals surface area contributed by atoms with Crippen molar-refractivity contribution in [3.05, 3.63) is 65.7 Å². The van der Waals surface area contributed by atoms with Gasteiger partial charge in [-0.3, -0.25) is 4.79 Å². The van der Waals surface area contributed by atoms with Crippen molar-refractivity contribution in [1.82, 2.24) is 5.32 Å². The molecule has 0 heterocycles. The zero-order valence-electron chi connectivity index (χ0n) is 14.0. The molecule has 0 unspecified atom stereocenters. The number of hydrogen-bond acceptors (Lipinski definition) is 3. The number of nitrogens with one attached hydrogen (secondary N) is 1. The normalized spacial score (nSPS) is 12.6. The Kier molecular flexibility index (Phi) is 6.15. The van der Waals surface area contributed by atoms with Gasteiger partial charge in [0.05, 0.1) is 10.6 Å². The minimum absolute atomic E-state index is 0.0176. The molecule has 0 saturated heterocycles. The van der Waals surface area contributed by atoms with Gasteiger partial charge in [-0.2, -0.15) is 0 Å². The van der Waals surface area contributed by atoms with Crippen LogP contribution in [0.4, 0.5) is 0 Å². The van der Waals surface area contributed by atoms with Crippen LogP contribution in [-0.4, -0.2) is 26.1 Å². The molecule has 0 spiro atoms. The average molecular weight is 345 g/mol. The van der Waals surface area contributed by atoms with Crippen molar-refractivity contribution in [1.29, 1.82) is 0 Å². The quantitative estimate of drug-likeness (QED) is 0.837. The van der Waals surface area contributed by atoms with E-state index in [4.69, 9.17) is 0 Å². The van der Waals surface area contributed by atoms with Crippen molar-refractivity contribution in [2.45, 2.75) is 37.6 Å². The minimum Gasteiger partial charge on any atom is -0.349 e. The van der Waals surface area contributed by atoms with Gasteiger partial charge in [0.25, 0.3) is 5.91 Å². The Morgan fingerprint density at radius 1 is 1.04 bits per heavy atom. The molecular weight excluding hydrogens is 322 g/mol. The predicted octanol–water partition coefficient (Wildman–Crippen LogP) is 3.37. The first-order chi connectivity index (χ1) is 11.4. The van der Waals surface area contributed by atoms with Crippen LogP contribution in [0, 0.1) is 6.92 Å². The molecule has 0 radical (unpaired) electrons. The van der Waals surface area contributed by atoms with Gasteiger partial charge in [0.15, 0.2) is 9.84 Å². The lowest BCUT2D eigenvalue weighted by Gasteiger charge is -2.17. The Hall–Kier alpha value is -2.14. The van der Waals surface area contributed by atoms with Crippen LogP contribution < -0.4 is 5.32 Å². The zero-order valence-corrected chi connectivity index (χ0v) is 14.8. The van der Waals surface area contributed by atoms with Crippen LogP contribution in [0.15, 0.2) is 59.5 Å². The van der Waals surface area contributed by atoms with E-state index in [1.165, 1.54) is 0 Å². The molecule has 2 aromatic rings. The number of aryl methyl sites for hydroxylation is 1. The van der Waals surface area contributed by atoms with Gasteiger partial charge in [0.1, 0.15) is 0 Å². The van der Waals surface area contributed by atoms with E-state index in [0.29, 0.717) is 23.3 Å². The van der Waals surface area contributed by atoms with Gasteiger partial charge < -0.3 is 5.32 Å². The van der Waals surface area contributed by atoms with Crippen molar-refractivity contribution in [3.8, 4) is 0 Å². The highest BCUT2D eigenvalue weighted by Gasteiger charge is 2.18. The number of carbonyl (C=O) groups is 1. The van der Waals surface area contributed by atoms with Crippen LogP contribution in [0.5, 0.6) is 0 Å². The Morgan fingerprint density at radius 2 is 1.67 bits per heavy atom. The zero-order chi connectivity index (χ0) is 17.6. The van der Waals surface area contributed by atoms with E-state index in [0.717, 1.165) is 5.56 Å². The fourth-order valence-corrected chi connectivity index (χ4v) is 3.80. The third-order valence-corrected chi connectivity index (χ3v) is 5.74. The van der Waals surface area contributed by atoms with Crippen molar-refractivity contribution >= 4 is 15.7 Å². The minimum atomic E-state index is -3.32. The van der Waals surface area contributed by atoms with Crippen LogP contribution in [0.3, 0.4) is 0 Å². The average Bonchev–Trinajstić information content (AvgIpc) is 2.59. The highest BCUT2D eigenvalue weighted by Crippen LogP contribution is 2.13. The summed E-state index contributed by atoms with van der Waals surface area (Å²) in [7, 11) is -3.32. The topological polar surface area (TPSA) is 63.2 Å². The summed E-state index contributed by atoms with van der Waals surface area (Å²) in [5.41, 5.74) is 1.68. The molecule has 0 fully saturated rings. The van der Waals surface area contributed by atoms with Crippen LogP contribution >= 0.6 is 0 Å². The van der Waals surface area contributed by atoms with Crippen LogP contribution in [0.2, 0.25) is 0 Å². The van der Waals surface area contributed by atoms with Gasteiger partial charge in [-0.25, -0.2) is 8.42 Å². The summed E-state index contributed by atoms with van der Waals surface area (Å²) < 4.78 is 24.7. The van der Waals surface area contributed by atoms with E-state index in [-0.39, 0.29) is 17.7 Å². The molecule has 1 N–H and O–H groups in total. The number of sulfone groups is 1. The SMILES string of the molecule is CC[C@H](CCS(=O)(=O)c1ccccc1)NC(=O)c1ccc(C)cc1. The van der Waals surface area contributed by atoms with Crippen molar-refractivity contribution in [2.24, 2.45) is 0 Å². The molecule has 0 aliphatic carbocycles. The van der Waals surface area contributed by atoms with Gasteiger partial charge in [-0.15, -0.1) is 0 Å². The van der Waals surface area contributed by atoms with E-state index in [1.54, 1.807) is 42.5 Å². The highest BCUT2D eigenvalue weighted by molar-refractivity contribution is 7.91. The number of hydrogen-bond donors (Lipinski definition) is 1. The van der Waals surface area contributed by atoms with Gasteiger partial charge in [0, 0.05) is 11.6 Å². The summed E-state index contributed by atoms with van der Waals surface area (Å²) in [6, 6.07) is 15.6. The van der Waals surface area contributed by atoms with Gasteiger partial charge >= 0.3 is 0 Å². The van der Waals surface area contributed by atoms with E-state index in [9.17, 15) is 13.2 Å². The van der Waals surface area contributed by atoms with Crippen LogP contribution in [-0.2, 0) is 9.84 Å². The van der Waals surface area contributed by atoms with Gasteiger partial charge in [-0.05, 0) is 44.0 Å². The molecular formula is C19H23NO3S. The monoisotopic (exact) mass is 345 g/mol. The molecule has 0 aliphatic rings. The first-order valence-electron chi connectivity index (χ1n) is 8.07. The molecule has 0 aromatic heterocycles. The number of rotatable bonds is 7. The molecule has 128 valence electrons. The molecule has 1 amide bonds. The summed E-state index contributed by atoms with van der Waals surface area (Å²) in [6.45, 7) is 3.90. The first kappa shape index (κ1) is 18.2. The Labute approximate surface area is 143 Å². The first-order valence-corrected chi connectivity index (χ1v) is 9.73. The maximum atomic E-state index is 12.3. The van der Waals surface area contributed by atoms with Crippen molar-refractivity contribution < 1.29 is 13.2 Å². The summed E-state index contributed by atoms with van der Waals surface area (Å²) in [6.07, 6.45) is 1.08. The van der Waals surface area contributed by atoms with Crippen molar-refractivity contribution in [2.75, 3.05) is 5.75 Å². The Morgan fingerprint density at radius 3 is 2.25 bits per heavy atom. The fraction of sp³-hybridized carbons (Fsp3) is 0.316. The van der Waals surface area contributed by atoms with E-state index < -0.39 is 9.84 Å². The third-order valence-electron chi connectivity index (χ3n) is 3.98. The summed E-state index contributed by atoms with van der Waals surface area (Å²) in [4.78, 5) is 12.6. The summed E-state index contributed by atoms with van der Waals surface area (Å²) >= 11 is 0. The van der Waals surface area contributed by atoms with E-state index in [1.807, 2.05) is 26.0 Å². The molecule has 0 bridgehead atoms. The predicted molar refractivity (Wildman–Crippen MR) is 95.8 cm³/mol. The molecule has 1 atom stereocenters. The molecule has 0 aliphatic heterocycles. The second-order valence-electron chi connectivity index (χ2n) is 5.87. The molecule has 2 aromatic carbocycles. The fourth-order valence-electron chi connectivity index (χ4n) is 2.40. The second kappa shape index (κ2) is 8.11. The molecule has 0 saturated carbocycles. The Bertz CT molecular complexity index is 768. The summed E-state index contributed by atoms with van der Waals surface area (Å²) in [5.74, 6) is -0.150. The standard InChI is InChI=1S/C19H23NO3S/c1-3-17(20-19(21)16-11-9-15(2)10-12-16)13-14-24(22,23)18-7-5-4-6-8-18/h4-12,17H,3,13-14H2,1-2H3,(H,20,21)/t17-/m1/s1. The van der Waals surface area contributed by atoms with Gasteiger partial charge in [-0.1, -0.05) is 42.8 Å². The maximum Gasteiger partial charge on any atom is 0.251 e. The number of benzene rings is 2. The lowest BCUT2D eigenvalue weighted by Crippen LogP contribution is -2.35. The third kappa shape index (κ3) is 4.93. The van der Waals surface area contributed by atoms with E-state index >= 15 is 0 Å². The number of carbonyl (C=O) groups excluding carboxylic acids is 1. The van der Waals surface area contributed by atoms with E-state index in [2.05, 4.69) is 5.32 Å². The molecule has 4 nitrogen and oxygen atoms in total. The lowest BCUT2D eigenvalue weighted by atomic mass is 10.1.